The Labute approximate surface area is 205 Å². The minimum atomic E-state index is -0.378. The van der Waals surface area contributed by atoms with Crippen LogP contribution in [0.3, 0.4) is 0 Å². The molecule has 0 radical (unpaired) electrons. The molecule has 0 atom stereocenters. The van der Waals surface area contributed by atoms with Crippen LogP contribution < -0.4 is 20.3 Å². The largest absolute Gasteiger partial charge is 0.324 e. The Kier molecular flexibility index (Phi) is 4.82. The van der Waals surface area contributed by atoms with E-state index in [0.29, 0.717) is 37.5 Å². The van der Waals surface area contributed by atoms with Gasteiger partial charge >= 0.3 is 0 Å². The summed E-state index contributed by atoms with van der Waals surface area (Å²) >= 11 is 4.57. The van der Waals surface area contributed by atoms with Gasteiger partial charge in [-0.3, -0.25) is 19.3 Å². The molecule has 1 aliphatic rings. The van der Waals surface area contributed by atoms with Gasteiger partial charge in [-0.05, 0) is 36.4 Å². The standard InChI is InChI=1S/C25H15BrN4O3S/c26-14-6-5-7-15(12-14)27-20(31)13-29-18-10-3-1-8-16(18)21(23(29)32)22-24(33)30-19-11-4-2-9-17(19)28-25(30)34-22/h1-12H,13H2,(H,27,31)/b22-21-. The van der Waals surface area contributed by atoms with E-state index in [4.69, 9.17) is 0 Å². The van der Waals surface area contributed by atoms with E-state index in [-0.39, 0.29) is 23.9 Å². The number of nitrogens with zero attached hydrogens (tertiary/aromatic N) is 3. The molecule has 2 amide bonds. The number of anilines is 2. The molecule has 0 saturated heterocycles. The Hall–Kier alpha value is -3.82. The lowest BCUT2D eigenvalue weighted by atomic mass is 10.1. The third-order valence-corrected chi connectivity index (χ3v) is 7.21. The monoisotopic (exact) mass is 530 g/mol. The van der Waals surface area contributed by atoms with Gasteiger partial charge in [-0.15, -0.1) is 0 Å². The van der Waals surface area contributed by atoms with Gasteiger partial charge in [0.2, 0.25) is 5.91 Å². The number of hydrogen-bond donors (Lipinski definition) is 1. The maximum Gasteiger partial charge on any atom is 0.275 e. The lowest BCUT2D eigenvalue weighted by Gasteiger charge is -2.16. The first-order valence-electron chi connectivity index (χ1n) is 10.4. The molecule has 1 N–H and O–H groups in total. The fourth-order valence-corrected chi connectivity index (χ4v) is 5.71. The molecule has 0 spiro atoms. The molecule has 7 nitrogen and oxygen atoms in total. The number of fused-ring (bicyclic) bond motifs is 4. The fraction of sp³-hybridized carbons (Fsp3) is 0.0400. The number of nitrogens with one attached hydrogen (secondary N) is 1. The van der Waals surface area contributed by atoms with Crippen LogP contribution in [0.1, 0.15) is 5.56 Å². The number of para-hydroxylation sites is 3. The Balaban J connectivity index is 1.45. The summed E-state index contributed by atoms with van der Waals surface area (Å²) in [5.74, 6) is -0.715. The molecule has 166 valence electrons. The van der Waals surface area contributed by atoms with Crippen molar-refractivity contribution in [2.45, 2.75) is 0 Å². The number of hydrogen-bond acceptors (Lipinski definition) is 5. The summed E-state index contributed by atoms with van der Waals surface area (Å²) in [6.45, 7) is -0.175. The highest BCUT2D eigenvalue weighted by Crippen LogP contribution is 2.35. The average Bonchev–Trinajstić information content (AvgIpc) is 3.43. The van der Waals surface area contributed by atoms with Gasteiger partial charge in [-0.2, -0.15) is 0 Å². The summed E-state index contributed by atoms with van der Waals surface area (Å²) in [5, 5.41) is 2.82. The van der Waals surface area contributed by atoms with Crippen LogP contribution in [-0.4, -0.2) is 27.7 Å². The lowest BCUT2D eigenvalue weighted by molar-refractivity contribution is -0.118. The molecule has 9 heteroatoms. The number of amides is 2. The van der Waals surface area contributed by atoms with E-state index in [1.807, 2.05) is 42.5 Å². The number of thiazole rings is 1. The molecule has 0 bridgehead atoms. The van der Waals surface area contributed by atoms with E-state index in [9.17, 15) is 14.4 Å². The quantitative estimate of drug-likeness (QED) is 0.386. The number of imidazole rings is 1. The molecule has 6 rings (SSSR count). The van der Waals surface area contributed by atoms with E-state index in [1.54, 1.807) is 34.7 Å². The van der Waals surface area contributed by atoms with Crippen LogP contribution in [0.4, 0.5) is 11.4 Å². The molecular weight excluding hydrogens is 516 g/mol. The summed E-state index contributed by atoms with van der Waals surface area (Å²) in [7, 11) is 0. The third-order valence-electron chi connectivity index (χ3n) is 5.68. The molecule has 2 aromatic heterocycles. The first-order valence-corrected chi connectivity index (χ1v) is 12.0. The topological polar surface area (TPSA) is 83.8 Å². The minimum absolute atomic E-state index is 0.175. The van der Waals surface area contributed by atoms with Crippen molar-refractivity contribution < 1.29 is 9.59 Å². The van der Waals surface area contributed by atoms with Crippen LogP contribution in [0.25, 0.3) is 21.6 Å². The van der Waals surface area contributed by atoms with E-state index in [1.165, 1.54) is 16.2 Å². The second kappa shape index (κ2) is 7.89. The van der Waals surface area contributed by atoms with Gasteiger partial charge in [0.15, 0.2) is 4.96 Å². The fourth-order valence-electron chi connectivity index (χ4n) is 4.23. The summed E-state index contributed by atoms with van der Waals surface area (Å²) in [6, 6.07) is 21.8. The van der Waals surface area contributed by atoms with Gasteiger partial charge in [0, 0.05) is 15.7 Å². The molecule has 0 fully saturated rings. The first-order chi connectivity index (χ1) is 16.5. The smallest absolute Gasteiger partial charge is 0.275 e. The average molecular weight is 531 g/mol. The normalized spacial score (nSPS) is 14.7. The molecule has 34 heavy (non-hydrogen) atoms. The Morgan fingerprint density at radius 3 is 2.65 bits per heavy atom. The zero-order valence-electron chi connectivity index (χ0n) is 17.5. The second-order valence-corrected chi connectivity index (χ2v) is 9.69. The lowest BCUT2D eigenvalue weighted by Crippen LogP contribution is -2.37. The Bertz CT molecular complexity index is 1760. The van der Waals surface area contributed by atoms with Crippen molar-refractivity contribution in [1.29, 1.82) is 0 Å². The number of halogens is 1. The number of aromatic nitrogens is 2. The highest BCUT2D eigenvalue weighted by molar-refractivity contribution is 9.10. The van der Waals surface area contributed by atoms with Crippen molar-refractivity contribution in [3.8, 4) is 0 Å². The maximum atomic E-state index is 13.6. The molecule has 1 aliphatic heterocycles. The van der Waals surface area contributed by atoms with Crippen LogP contribution in [-0.2, 0) is 9.59 Å². The number of carbonyl (C=O) groups is 2. The zero-order valence-corrected chi connectivity index (χ0v) is 19.9. The van der Waals surface area contributed by atoms with Gasteiger partial charge in [0.05, 0.1) is 22.3 Å². The molecule has 3 aromatic carbocycles. The van der Waals surface area contributed by atoms with E-state index < -0.39 is 0 Å². The highest BCUT2D eigenvalue weighted by Gasteiger charge is 2.35. The predicted molar refractivity (Wildman–Crippen MR) is 136 cm³/mol. The van der Waals surface area contributed by atoms with Crippen molar-refractivity contribution in [2.24, 2.45) is 0 Å². The molecular formula is C25H15BrN4O3S. The van der Waals surface area contributed by atoms with Crippen molar-refractivity contribution in [3.05, 3.63) is 97.7 Å². The van der Waals surface area contributed by atoms with Gasteiger partial charge in [0.25, 0.3) is 11.5 Å². The molecule has 0 aliphatic carbocycles. The van der Waals surface area contributed by atoms with Crippen LogP contribution in [0, 0.1) is 0 Å². The van der Waals surface area contributed by atoms with Gasteiger partial charge < -0.3 is 5.32 Å². The van der Waals surface area contributed by atoms with E-state index in [2.05, 4.69) is 26.2 Å². The Morgan fingerprint density at radius 2 is 1.79 bits per heavy atom. The predicted octanol–water partition coefficient (Wildman–Crippen LogP) is 3.57. The number of carbonyl (C=O) groups excluding carboxylic acids is 2. The third kappa shape index (κ3) is 3.24. The van der Waals surface area contributed by atoms with Crippen molar-refractivity contribution in [2.75, 3.05) is 16.8 Å². The second-order valence-electron chi connectivity index (χ2n) is 7.80. The number of benzene rings is 3. The zero-order chi connectivity index (χ0) is 23.4. The van der Waals surface area contributed by atoms with Crippen molar-refractivity contribution in [3.63, 3.8) is 0 Å². The highest BCUT2D eigenvalue weighted by atomic mass is 79.9. The Morgan fingerprint density at radius 1 is 1.00 bits per heavy atom. The molecule has 0 saturated carbocycles. The van der Waals surface area contributed by atoms with E-state index in [0.717, 1.165) is 9.99 Å². The summed E-state index contributed by atoms with van der Waals surface area (Å²) in [6.07, 6.45) is 0. The molecule has 3 heterocycles. The van der Waals surface area contributed by atoms with Crippen LogP contribution >= 0.6 is 27.3 Å². The van der Waals surface area contributed by atoms with Crippen LogP contribution in [0.2, 0.25) is 0 Å². The number of rotatable bonds is 3. The minimum Gasteiger partial charge on any atom is -0.324 e. The first kappa shape index (κ1) is 20.8. The van der Waals surface area contributed by atoms with E-state index >= 15 is 0 Å². The summed E-state index contributed by atoms with van der Waals surface area (Å²) in [5.41, 5.74) is 3.30. The van der Waals surface area contributed by atoms with Crippen LogP contribution in [0.5, 0.6) is 0 Å². The van der Waals surface area contributed by atoms with Crippen molar-refractivity contribution in [1.82, 2.24) is 9.38 Å². The molecule has 0 unspecified atom stereocenters. The SMILES string of the molecule is O=C(CN1C(=O)/C(=c2\sc3nc4ccccc4n3c2=O)c2ccccc21)Nc1cccc(Br)c1. The van der Waals surface area contributed by atoms with Gasteiger partial charge in [-0.25, -0.2) is 9.38 Å². The van der Waals surface area contributed by atoms with Gasteiger partial charge in [-0.1, -0.05) is 63.7 Å². The molecule has 5 aromatic rings. The van der Waals surface area contributed by atoms with Gasteiger partial charge in [0.1, 0.15) is 11.1 Å². The summed E-state index contributed by atoms with van der Waals surface area (Å²) in [4.78, 5) is 46.2. The van der Waals surface area contributed by atoms with Crippen molar-refractivity contribution >= 4 is 72.0 Å². The maximum absolute atomic E-state index is 13.6. The van der Waals surface area contributed by atoms with Crippen LogP contribution in [0.15, 0.2) is 82.1 Å². The summed E-state index contributed by atoms with van der Waals surface area (Å²) < 4.78 is 2.70.